The summed E-state index contributed by atoms with van der Waals surface area (Å²) in [7, 11) is 0. The lowest BCUT2D eigenvalue weighted by Gasteiger charge is -2.02. The molecule has 0 saturated heterocycles. The van der Waals surface area contributed by atoms with Gasteiger partial charge in [-0.05, 0) is 17.7 Å². The molecule has 1 aromatic carbocycles. The first kappa shape index (κ1) is 9.04. The Bertz CT molecular complexity index is 237. The van der Waals surface area contributed by atoms with Crippen molar-refractivity contribution in [1.82, 2.24) is 0 Å². The van der Waals surface area contributed by atoms with Gasteiger partial charge >= 0.3 is 0 Å². The SMILES string of the molecule is OC(Br)Cc1cccc(Cl)c1. The number of hydrogen-bond donors (Lipinski definition) is 1. The summed E-state index contributed by atoms with van der Waals surface area (Å²) in [5.74, 6) is 0. The lowest BCUT2D eigenvalue weighted by atomic mass is 10.2. The molecule has 0 heterocycles. The highest BCUT2D eigenvalue weighted by Gasteiger charge is 1.99. The molecule has 1 unspecified atom stereocenters. The van der Waals surface area contributed by atoms with Crippen LogP contribution in [0.5, 0.6) is 0 Å². The van der Waals surface area contributed by atoms with E-state index in [4.69, 9.17) is 16.7 Å². The van der Waals surface area contributed by atoms with Gasteiger partial charge in [-0.1, -0.05) is 39.7 Å². The molecule has 3 heteroatoms. The molecule has 0 fully saturated rings. The standard InChI is InChI=1S/C8H8BrClO/c9-8(11)5-6-2-1-3-7(10)4-6/h1-4,8,11H,5H2. The van der Waals surface area contributed by atoms with Crippen LogP contribution < -0.4 is 0 Å². The Morgan fingerprint density at radius 3 is 2.82 bits per heavy atom. The fourth-order valence-corrected chi connectivity index (χ4v) is 1.45. The van der Waals surface area contributed by atoms with Crippen LogP contribution in [0.2, 0.25) is 5.02 Å². The number of halogens is 2. The Hall–Kier alpha value is -0.0500. The summed E-state index contributed by atoms with van der Waals surface area (Å²) in [6, 6.07) is 7.45. The van der Waals surface area contributed by atoms with Crippen LogP contribution in [0.15, 0.2) is 24.3 Å². The highest BCUT2D eigenvalue weighted by atomic mass is 79.9. The van der Waals surface area contributed by atoms with Crippen molar-refractivity contribution >= 4 is 27.5 Å². The number of hydrogen-bond acceptors (Lipinski definition) is 1. The second-order valence-corrected chi connectivity index (χ2v) is 3.76. The molecule has 0 spiro atoms. The third-order valence-electron chi connectivity index (χ3n) is 1.29. The molecule has 0 amide bonds. The van der Waals surface area contributed by atoms with E-state index < -0.39 is 5.01 Å². The van der Waals surface area contributed by atoms with E-state index in [9.17, 15) is 0 Å². The average molecular weight is 236 g/mol. The molecule has 0 saturated carbocycles. The molecular formula is C8H8BrClO. The van der Waals surface area contributed by atoms with Gasteiger partial charge in [0.25, 0.3) is 0 Å². The van der Waals surface area contributed by atoms with Gasteiger partial charge in [-0.3, -0.25) is 0 Å². The van der Waals surface area contributed by atoms with Crippen LogP contribution in [0.4, 0.5) is 0 Å². The van der Waals surface area contributed by atoms with Crippen molar-refractivity contribution in [3.05, 3.63) is 34.9 Å². The van der Waals surface area contributed by atoms with Crippen molar-refractivity contribution in [1.29, 1.82) is 0 Å². The first-order chi connectivity index (χ1) is 5.18. The highest BCUT2D eigenvalue weighted by Crippen LogP contribution is 2.13. The third-order valence-corrected chi connectivity index (χ3v) is 1.85. The van der Waals surface area contributed by atoms with Crippen LogP contribution in [0.25, 0.3) is 0 Å². The van der Waals surface area contributed by atoms with Crippen molar-refractivity contribution in [2.45, 2.75) is 11.4 Å². The van der Waals surface area contributed by atoms with Gasteiger partial charge in [-0.2, -0.15) is 0 Å². The first-order valence-corrected chi connectivity index (χ1v) is 4.54. The highest BCUT2D eigenvalue weighted by molar-refractivity contribution is 9.09. The maximum atomic E-state index is 8.97. The zero-order valence-corrected chi connectivity index (χ0v) is 8.14. The van der Waals surface area contributed by atoms with Crippen LogP contribution in [-0.2, 0) is 6.42 Å². The predicted molar refractivity (Wildman–Crippen MR) is 50.1 cm³/mol. The molecule has 0 bridgehead atoms. The van der Waals surface area contributed by atoms with Crippen LogP contribution >= 0.6 is 27.5 Å². The molecule has 1 atom stereocenters. The summed E-state index contributed by atoms with van der Waals surface area (Å²) in [6.45, 7) is 0. The van der Waals surface area contributed by atoms with E-state index >= 15 is 0 Å². The van der Waals surface area contributed by atoms with E-state index in [2.05, 4.69) is 15.9 Å². The van der Waals surface area contributed by atoms with Gasteiger partial charge in [-0.15, -0.1) is 0 Å². The topological polar surface area (TPSA) is 20.2 Å². The Kier molecular flexibility index (Phi) is 3.37. The van der Waals surface area contributed by atoms with E-state index in [0.717, 1.165) is 5.56 Å². The molecule has 1 nitrogen and oxygen atoms in total. The minimum atomic E-state index is -0.485. The molecule has 0 aliphatic heterocycles. The van der Waals surface area contributed by atoms with Gasteiger partial charge in [0.05, 0.1) is 0 Å². The number of aliphatic hydroxyl groups excluding tert-OH is 1. The van der Waals surface area contributed by atoms with Crippen molar-refractivity contribution in [2.75, 3.05) is 0 Å². The minimum Gasteiger partial charge on any atom is -0.382 e. The molecule has 0 aliphatic carbocycles. The lowest BCUT2D eigenvalue weighted by molar-refractivity contribution is 0.271. The molecule has 1 N–H and O–H groups in total. The van der Waals surface area contributed by atoms with Gasteiger partial charge in [-0.25, -0.2) is 0 Å². The molecule has 0 radical (unpaired) electrons. The van der Waals surface area contributed by atoms with E-state index in [1.807, 2.05) is 24.3 Å². The number of benzene rings is 1. The second kappa shape index (κ2) is 4.10. The maximum absolute atomic E-state index is 8.97. The lowest BCUT2D eigenvalue weighted by Crippen LogP contribution is -1.99. The van der Waals surface area contributed by atoms with Crippen LogP contribution in [0.1, 0.15) is 5.56 Å². The van der Waals surface area contributed by atoms with Crippen LogP contribution in [-0.4, -0.2) is 10.1 Å². The third kappa shape index (κ3) is 3.23. The smallest absolute Gasteiger partial charge is 0.113 e. The normalized spacial score (nSPS) is 13.0. The summed E-state index contributed by atoms with van der Waals surface area (Å²) >= 11 is 8.78. The number of aliphatic hydroxyl groups is 1. The quantitative estimate of drug-likeness (QED) is 0.781. The van der Waals surface area contributed by atoms with Gasteiger partial charge in [0.15, 0.2) is 0 Å². The Balaban J connectivity index is 2.71. The zero-order chi connectivity index (χ0) is 8.27. The summed E-state index contributed by atoms with van der Waals surface area (Å²) in [5, 5.41) is 9.19. The summed E-state index contributed by atoms with van der Waals surface area (Å²) in [4.78, 5) is 0. The maximum Gasteiger partial charge on any atom is 0.113 e. The van der Waals surface area contributed by atoms with Gasteiger partial charge in [0.2, 0.25) is 0 Å². The molecule has 0 aromatic heterocycles. The van der Waals surface area contributed by atoms with E-state index in [1.54, 1.807) is 0 Å². The largest absolute Gasteiger partial charge is 0.382 e. The molecular weight excluding hydrogens is 227 g/mol. The number of alkyl halides is 1. The summed E-state index contributed by atoms with van der Waals surface area (Å²) in [6.07, 6.45) is 0.584. The summed E-state index contributed by atoms with van der Waals surface area (Å²) < 4.78 is 0. The molecule has 60 valence electrons. The summed E-state index contributed by atoms with van der Waals surface area (Å²) in [5.41, 5.74) is 1.03. The van der Waals surface area contributed by atoms with Crippen LogP contribution in [0.3, 0.4) is 0 Å². The monoisotopic (exact) mass is 234 g/mol. The molecule has 11 heavy (non-hydrogen) atoms. The first-order valence-electron chi connectivity index (χ1n) is 3.25. The number of rotatable bonds is 2. The minimum absolute atomic E-state index is 0.485. The van der Waals surface area contributed by atoms with Gasteiger partial charge in [0, 0.05) is 11.4 Å². The van der Waals surface area contributed by atoms with Gasteiger partial charge < -0.3 is 5.11 Å². The molecule has 1 aromatic rings. The fourth-order valence-electron chi connectivity index (χ4n) is 0.858. The molecule has 0 aliphatic rings. The Labute approximate surface area is 79.1 Å². The predicted octanol–water partition coefficient (Wildman–Crippen LogP) is 2.60. The van der Waals surface area contributed by atoms with Crippen molar-refractivity contribution < 1.29 is 5.11 Å². The van der Waals surface area contributed by atoms with E-state index in [0.29, 0.717) is 11.4 Å². The second-order valence-electron chi connectivity index (χ2n) is 2.27. The van der Waals surface area contributed by atoms with Crippen molar-refractivity contribution in [3.8, 4) is 0 Å². The zero-order valence-electron chi connectivity index (χ0n) is 5.80. The molecule has 1 rings (SSSR count). The van der Waals surface area contributed by atoms with E-state index in [-0.39, 0.29) is 0 Å². The fraction of sp³-hybridized carbons (Fsp3) is 0.250. The average Bonchev–Trinajstić information content (AvgIpc) is 1.85. The van der Waals surface area contributed by atoms with Gasteiger partial charge in [0.1, 0.15) is 5.01 Å². The Morgan fingerprint density at radius 1 is 1.55 bits per heavy atom. The Morgan fingerprint density at radius 2 is 2.27 bits per heavy atom. The van der Waals surface area contributed by atoms with Crippen molar-refractivity contribution in [2.24, 2.45) is 0 Å². The van der Waals surface area contributed by atoms with Crippen molar-refractivity contribution in [3.63, 3.8) is 0 Å². The van der Waals surface area contributed by atoms with E-state index in [1.165, 1.54) is 0 Å². The van der Waals surface area contributed by atoms with Crippen LogP contribution in [0, 0.1) is 0 Å².